The summed E-state index contributed by atoms with van der Waals surface area (Å²) < 4.78 is 72.6. The predicted octanol–water partition coefficient (Wildman–Crippen LogP) is 5.40. The molecule has 0 radical (unpaired) electrons. The van der Waals surface area contributed by atoms with Crippen LogP contribution in [0, 0.1) is 0 Å². The van der Waals surface area contributed by atoms with Crippen molar-refractivity contribution < 1.29 is 26.0 Å². The van der Waals surface area contributed by atoms with E-state index in [9.17, 15) is 21.6 Å². The molecular formula is C17H13ClF3NO3S2. The monoisotopic (exact) mass is 435 g/mol. The molecule has 0 N–H and O–H groups in total. The molecule has 0 saturated carbocycles. The van der Waals surface area contributed by atoms with E-state index in [0.29, 0.717) is 16.7 Å². The van der Waals surface area contributed by atoms with Crippen molar-refractivity contribution in [3.05, 3.63) is 75.3 Å². The van der Waals surface area contributed by atoms with Crippen LogP contribution in [0.1, 0.15) is 16.2 Å². The third-order valence-electron chi connectivity index (χ3n) is 3.69. The average Bonchev–Trinajstić information content (AvgIpc) is 3.27. The fraction of sp³-hybridized carbons (Fsp3) is 0.176. The molecule has 0 fully saturated rings. The fourth-order valence-electron chi connectivity index (χ4n) is 2.47. The molecule has 0 saturated heterocycles. The van der Waals surface area contributed by atoms with E-state index in [1.54, 1.807) is 29.6 Å². The van der Waals surface area contributed by atoms with E-state index in [4.69, 9.17) is 16.0 Å². The van der Waals surface area contributed by atoms with E-state index in [2.05, 4.69) is 0 Å². The standard InChI is InChI=1S/C17H13ClF3NO3S2/c18-12-5-6-16(15(9-12)17(19,20)21)27(23,24)22(10-13-3-1-7-25-13)11-14-4-2-8-26-14/h1-9H,10-11H2. The van der Waals surface area contributed by atoms with E-state index in [1.807, 2.05) is 0 Å². The second-order valence-electron chi connectivity index (χ2n) is 5.57. The molecule has 0 amide bonds. The van der Waals surface area contributed by atoms with E-state index >= 15 is 0 Å². The quantitative estimate of drug-likeness (QED) is 0.520. The molecule has 4 nitrogen and oxygen atoms in total. The molecule has 0 unspecified atom stereocenters. The molecule has 10 heteroatoms. The largest absolute Gasteiger partial charge is 0.468 e. The number of hydrogen-bond donors (Lipinski definition) is 0. The summed E-state index contributed by atoms with van der Waals surface area (Å²) in [5.74, 6) is 0.317. The van der Waals surface area contributed by atoms with Crippen LogP contribution < -0.4 is 0 Å². The summed E-state index contributed by atoms with van der Waals surface area (Å²) in [6, 6.07) is 9.20. The van der Waals surface area contributed by atoms with Gasteiger partial charge in [0, 0.05) is 16.4 Å². The number of benzene rings is 1. The van der Waals surface area contributed by atoms with Crippen molar-refractivity contribution in [1.82, 2.24) is 4.31 Å². The van der Waals surface area contributed by atoms with Crippen LogP contribution in [0.2, 0.25) is 5.02 Å². The molecule has 1 aromatic carbocycles. The molecule has 3 aromatic rings. The van der Waals surface area contributed by atoms with Gasteiger partial charge in [-0.05, 0) is 41.8 Å². The minimum atomic E-state index is -4.87. The van der Waals surface area contributed by atoms with Gasteiger partial charge >= 0.3 is 6.18 Å². The first-order valence-electron chi connectivity index (χ1n) is 7.59. The molecule has 144 valence electrons. The molecule has 0 aliphatic rings. The Balaban J connectivity index is 2.07. The Morgan fingerprint density at radius 1 is 1.11 bits per heavy atom. The van der Waals surface area contributed by atoms with Gasteiger partial charge in [0.05, 0.1) is 23.3 Å². The summed E-state index contributed by atoms with van der Waals surface area (Å²) in [4.78, 5) is -0.157. The Kier molecular flexibility index (Phi) is 5.66. The highest BCUT2D eigenvalue weighted by atomic mass is 35.5. The summed E-state index contributed by atoms with van der Waals surface area (Å²) in [7, 11) is -4.48. The van der Waals surface area contributed by atoms with Crippen molar-refractivity contribution in [2.45, 2.75) is 24.2 Å². The number of alkyl halides is 3. The first kappa shape index (κ1) is 19.9. The van der Waals surface area contributed by atoms with Crippen LogP contribution in [0.15, 0.2) is 63.4 Å². The Hall–Kier alpha value is -1.81. The number of hydrogen-bond acceptors (Lipinski definition) is 4. The number of sulfonamides is 1. The van der Waals surface area contributed by atoms with Crippen molar-refractivity contribution in [2.75, 3.05) is 0 Å². The van der Waals surface area contributed by atoms with Gasteiger partial charge in [0.25, 0.3) is 0 Å². The van der Waals surface area contributed by atoms with Gasteiger partial charge in [0.1, 0.15) is 5.76 Å². The first-order valence-corrected chi connectivity index (χ1v) is 10.3. The van der Waals surface area contributed by atoms with Crippen LogP contribution in [0.4, 0.5) is 13.2 Å². The van der Waals surface area contributed by atoms with Gasteiger partial charge in [-0.15, -0.1) is 11.3 Å². The third kappa shape index (κ3) is 4.55. The Bertz CT molecular complexity index is 964. The van der Waals surface area contributed by atoms with Crippen molar-refractivity contribution in [3.63, 3.8) is 0 Å². The van der Waals surface area contributed by atoms with Gasteiger partial charge in [-0.1, -0.05) is 17.7 Å². The molecule has 0 bridgehead atoms. The molecule has 0 atom stereocenters. The SMILES string of the molecule is O=S(=O)(c1ccc(Cl)cc1C(F)(F)F)N(Cc1ccco1)Cc1cccs1. The summed E-state index contributed by atoms with van der Waals surface area (Å²) in [5, 5.41) is 1.56. The summed E-state index contributed by atoms with van der Waals surface area (Å²) in [5.41, 5.74) is -1.30. The zero-order chi connectivity index (χ0) is 19.7. The summed E-state index contributed by atoms with van der Waals surface area (Å²) in [6.07, 6.45) is -3.50. The molecular weight excluding hydrogens is 423 g/mol. The minimum Gasteiger partial charge on any atom is -0.468 e. The number of thiophene rings is 1. The highest BCUT2D eigenvalue weighted by Crippen LogP contribution is 2.37. The lowest BCUT2D eigenvalue weighted by Crippen LogP contribution is -2.31. The predicted molar refractivity (Wildman–Crippen MR) is 95.9 cm³/mol. The highest BCUT2D eigenvalue weighted by molar-refractivity contribution is 7.89. The summed E-state index contributed by atoms with van der Waals surface area (Å²) in [6.45, 7) is -0.284. The molecule has 27 heavy (non-hydrogen) atoms. The van der Waals surface area contributed by atoms with E-state index < -0.39 is 26.7 Å². The molecule has 0 aliphatic carbocycles. The number of furan rings is 1. The smallest absolute Gasteiger partial charge is 0.417 e. The minimum absolute atomic E-state index is 0.0827. The fourth-order valence-corrected chi connectivity index (χ4v) is 5.02. The number of rotatable bonds is 6. The van der Waals surface area contributed by atoms with Crippen molar-refractivity contribution in [3.8, 4) is 0 Å². The van der Waals surface area contributed by atoms with Gasteiger partial charge < -0.3 is 4.42 Å². The van der Waals surface area contributed by atoms with Crippen molar-refractivity contribution in [1.29, 1.82) is 0 Å². The Morgan fingerprint density at radius 2 is 1.89 bits per heavy atom. The van der Waals surface area contributed by atoms with Gasteiger partial charge in [0.2, 0.25) is 10.0 Å². The van der Waals surface area contributed by atoms with Crippen LogP contribution in [-0.4, -0.2) is 12.7 Å². The second-order valence-corrected chi connectivity index (χ2v) is 8.95. The first-order chi connectivity index (χ1) is 12.7. The molecule has 0 spiro atoms. The van der Waals surface area contributed by atoms with Crippen molar-refractivity contribution in [2.24, 2.45) is 0 Å². The Labute approximate surface area is 162 Å². The zero-order valence-electron chi connectivity index (χ0n) is 13.6. The molecule has 0 aliphatic heterocycles. The lowest BCUT2D eigenvalue weighted by atomic mass is 10.2. The van der Waals surface area contributed by atoms with E-state index in [-0.39, 0.29) is 18.1 Å². The van der Waals surface area contributed by atoms with E-state index in [1.165, 1.54) is 17.6 Å². The number of nitrogens with zero attached hydrogens (tertiary/aromatic N) is 1. The normalized spacial score (nSPS) is 12.6. The third-order valence-corrected chi connectivity index (χ3v) is 6.64. The lowest BCUT2D eigenvalue weighted by Gasteiger charge is -2.23. The maximum Gasteiger partial charge on any atom is 0.417 e. The van der Waals surface area contributed by atoms with Crippen molar-refractivity contribution >= 4 is 33.0 Å². The highest BCUT2D eigenvalue weighted by Gasteiger charge is 2.39. The maximum atomic E-state index is 13.4. The van der Waals surface area contributed by atoms with E-state index in [0.717, 1.165) is 16.4 Å². The van der Waals surface area contributed by atoms with Gasteiger partial charge in [0.15, 0.2) is 0 Å². The second kappa shape index (κ2) is 7.67. The van der Waals surface area contributed by atoms with Crippen LogP contribution in [-0.2, 0) is 29.3 Å². The lowest BCUT2D eigenvalue weighted by molar-refractivity contribution is -0.139. The molecule has 2 aromatic heterocycles. The average molecular weight is 436 g/mol. The van der Waals surface area contributed by atoms with Crippen LogP contribution in [0.5, 0.6) is 0 Å². The maximum absolute atomic E-state index is 13.4. The molecule has 3 rings (SSSR count). The number of halogens is 4. The Morgan fingerprint density at radius 3 is 2.48 bits per heavy atom. The van der Waals surface area contributed by atoms with Crippen LogP contribution in [0.25, 0.3) is 0 Å². The van der Waals surface area contributed by atoms with Gasteiger partial charge in [-0.25, -0.2) is 8.42 Å². The molecule has 2 heterocycles. The topological polar surface area (TPSA) is 50.5 Å². The van der Waals surface area contributed by atoms with Crippen LogP contribution >= 0.6 is 22.9 Å². The summed E-state index contributed by atoms with van der Waals surface area (Å²) >= 11 is 6.97. The van der Waals surface area contributed by atoms with Crippen LogP contribution in [0.3, 0.4) is 0 Å². The van der Waals surface area contributed by atoms with Gasteiger partial charge in [-0.3, -0.25) is 0 Å². The van der Waals surface area contributed by atoms with Gasteiger partial charge in [-0.2, -0.15) is 17.5 Å². The zero-order valence-corrected chi connectivity index (χ0v) is 16.0.